The van der Waals surface area contributed by atoms with Crippen LogP contribution >= 0.6 is 11.3 Å². The molecule has 31 heavy (non-hydrogen) atoms. The first kappa shape index (κ1) is 21.7. The molecule has 10 nitrogen and oxygen atoms in total. The summed E-state index contributed by atoms with van der Waals surface area (Å²) in [4.78, 5) is 38.4. The average Bonchev–Trinajstić information content (AvgIpc) is 3.17. The van der Waals surface area contributed by atoms with Crippen molar-refractivity contribution in [3.63, 3.8) is 0 Å². The van der Waals surface area contributed by atoms with Gasteiger partial charge in [-0.25, -0.2) is 9.78 Å². The van der Waals surface area contributed by atoms with Crippen LogP contribution in [0.15, 0.2) is 42.5 Å². The van der Waals surface area contributed by atoms with Gasteiger partial charge in [0.1, 0.15) is 0 Å². The number of nitro benzene ring substituents is 1. The number of hydrogen-bond acceptors (Lipinski definition) is 9. The average molecular weight is 443 g/mol. The highest BCUT2D eigenvalue weighted by molar-refractivity contribution is 7.22. The summed E-state index contributed by atoms with van der Waals surface area (Å²) < 4.78 is 15.8. The maximum absolute atomic E-state index is 12.0. The largest absolute Gasteiger partial charge is 0.493 e. The molecular formula is C20H17N3O7S. The smallest absolute Gasteiger partial charge is 0.331 e. The van der Waals surface area contributed by atoms with Gasteiger partial charge >= 0.3 is 5.97 Å². The fourth-order valence-electron chi connectivity index (χ4n) is 2.54. The van der Waals surface area contributed by atoms with Crippen LogP contribution < -0.4 is 14.8 Å². The van der Waals surface area contributed by atoms with Crippen molar-refractivity contribution in [2.45, 2.75) is 0 Å². The van der Waals surface area contributed by atoms with E-state index >= 15 is 0 Å². The normalized spacial score (nSPS) is 10.8. The highest BCUT2D eigenvalue weighted by Crippen LogP contribution is 2.29. The molecule has 0 aliphatic rings. The lowest BCUT2D eigenvalue weighted by Gasteiger charge is -2.07. The number of nitrogens with one attached hydrogen (secondary N) is 1. The molecule has 0 saturated carbocycles. The Morgan fingerprint density at radius 1 is 1.16 bits per heavy atom. The Morgan fingerprint density at radius 3 is 2.65 bits per heavy atom. The molecule has 1 aromatic heterocycles. The third kappa shape index (κ3) is 5.54. The quantitative estimate of drug-likeness (QED) is 0.243. The van der Waals surface area contributed by atoms with E-state index in [0.717, 1.165) is 11.3 Å². The van der Waals surface area contributed by atoms with Crippen molar-refractivity contribution in [1.82, 2.24) is 4.98 Å². The minimum atomic E-state index is -0.704. The van der Waals surface area contributed by atoms with E-state index in [0.29, 0.717) is 27.3 Å². The summed E-state index contributed by atoms with van der Waals surface area (Å²) in [5.74, 6) is -0.215. The molecule has 3 aromatic rings. The van der Waals surface area contributed by atoms with Gasteiger partial charge in [0, 0.05) is 18.2 Å². The molecule has 0 fully saturated rings. The minimum absolute atomic E-state index is 0.0655. The molecule has 0 unspecified atom stereocenters. The number of thiazole rings is 1. The van der Waals surface area contributed by atoms with Gasteiger partial charge in [-0.15, -0.1) is 0 Å². The number of carbonyl (C=O) groups excluding carboxylic acids is 2. The second kappa shape index (κ2) is 9.67. The van der Waals surface area contributed by atoms with E-state index in [2.05, 4.69) is 10.3 Å². The molecule has 160 valence electrons. The number of fused-ring (bicyclic) bond motifs is 1. The zero-order valence-corrected chi connectivity index (χ0v) is 17.3. The van der Waals surface area contributed by atoms with Gasteiger partial charge in [-0.2, -0.15) is 0 Å². The van der Waals surface area contributed by atoms with Gasteiger partial charge in [0.15, 0.2) is 23.2 Å². The van der Waals surface area contributed by atoms with Crippen molar-refractivity contribution in [3.05, 3.63) is 58.2 Å². The fraction of sp³-hybridized carbons (Fsp3) is 0.150. The molecule has 0 aliphatic heterocycles. The standard InChI is InChI=1S/C20H17N3O7S/c1-28-15-7-3-12(9-16(15)29-2)4-8-19(25)30-11-18(24)22-20-21-14-6-5-13(23(26)27)10-17(14)31-20/h3-10H,11H2,1-2H3,(H,21,22,24). The number of esters is 1. The predicted octanol–water partition coefficient (Wildman–Crippen LogP) is 3.42. The Hall–Kier alpha value is -3.99. The molecule has 3 rings (SSSR count). The fourth-order valence-corrected chi connectivity index (χ4v) is 3.46. The molecule has 0 radical (unpaired) electrons. The van der Waals surface area contributed by atoms with E-state index in [9.17, 15) is 19.7 Å². The first-order valence-electron chi connectivity index (χ1n) is 8.81. The Balaban J connectivity index is 1.54. The Kier molecular flexibility index (Phi) is 6.78. The highest BCUT2D eigenvalue weighted by Gasteiger charge is 2.13. The van der Waals surface area contributed by atoms with Crippen molar-refractivity contribution in [3.8, 4) is 11.5 Å². The number of rotatable bonds is 8. The van der Waals surface area contributed by atoms with Crippen LogP contribution in [0.2, 0.25) is 0 Å². The van der Waals surface area contributed by atoms with Gasteiger partial charge in [-0.3, -0.25) is 20.2 Å². The summed E-state index contributed by atoms with van der Waals surface area (Å²) in [7, 11) is 3.03. The first-order valence-corrected chi connectivity index (χ1v) is 9.63. The van der Waals surface area contributed by atoms with Crippen molar-refractivity contribution in [1.29, 1.82) is 0 Å². The molecule has 0 atom stereocenters. The SMILES string of the molecule is COc1ccc(C=CC(=O)OCC(=O)Nc2nc3ccc([N+](=O)[O-])cc3s2)cc1OC. The molecule has 0 bridgehead atoms. The second-order valence-corrected chi connectivity index (χ2v) is 7.06. The summed E-state index contributed by atoms with van der Waals surface area (Å²) in [6, 6.07) is 9.33. The number of non-ortho nitro benzene ring substituents is 1. The lowest BCUT2D eigenvalue weighted by atomic mass is 10.2. The van der Waals surface area contributed by atoms with E-state index in [-0.39, 0.29) is 10.8 Å². The molecule has 2 aromatic carbocycles. The number of methoxy groups -OCH3 is 2. The Morgan fingerprint density at radius 2 is 1.94 bits per heavy atom. The number of carbonyl (C=O) groups is 2. The van der Waals surface area contributed by atoms with Crippen LogP contribution in [0.5, 0.6) is 11.5 Å². The Labute approximate surface area is 180 Å². The minimum Gasteiger partial charge on any atom is -0.493 e. The molecule has 1 N–H and O–H groups in total. The number of nitrogens with zero attached hydrogens (tertiary/aromatic N) is 2. The van der Waals surface area contributed by atoms with Crippen molar-refractivity contribution in [2.75, 3.05) is 26.1 Å². The first-order chi connectivity index (χ1) is 14.9. The second-order valence-electron chi connectivity index (χ2n) is 6.03. The Bertz CT molecular complexity index is 1170. The van der Waals surface area contributed by atoms with Crippen molar-refractivity contribution in [2.24, 2.45) is 0 Å². The van der Waals surface area contributed by atoms with Gasteiger partial charge < -0.3 is 14.2 Å². The number of benzene rings is 2. The molecular weight excluding hydrogens is 426 g/mol. The van der Waals surface area contributed by atoms with Gasteiger partial charge in [-0.1, -0.05) is 17.4 Å². The molecule has 1 amide bonds. The van der Waals surface area contributed by atoms with Crippen LogP contribution in [-0.2, 0) is 14.3 Å². The third-order valence-electron chi connectivity index (χ3n) is 3.99. The summed E-state index contributed by atoms with van der Waals surface area (Å²) >= 11 is 1.08. The van der Waals surface area contributed by atoms with Gasteiger partial charge in [-0.05, 0) is 29.8 Å². The van der Waals surface area contributed by atoms with Crippen LogP contribution in [0.4, 0.5) is 10.8 Å². The third-order valence-corrected chi connectivity index (χ3v) is 4.93. The summed E-state index contributed by atoms with van der Waals surface area (Å²) in [5.41, 5.74) is 1.13. The number of aromatic nitrogens is 1. The van der Waals surface area contributed by atoms with E-state index in [1.165, 1.54) is 44.6 Å². The molecule has 0 saturated heterocycles. The van der Waals surface area contributed by atoms with E-state index in [1.54, 1.807) is 18.2 Å². The van der Waals surface area contributed by atoms with Crippen LogP contribution in [-0.4, -0.2) is 42.6 Å². The lowest BCUT2D eigenvalue weighted by molar-refractivity contribution is -0.384. The van der Waals surface area contributed by atoms with Crippen molar-refractivity contribution >= 4 is 50.3 Å². The van der Waals surface area contributed by atoms with E-state index in [4.69, 9.17) is 14.2 Å². The van der Waals surface area contributed by atoms with Gasteiger partial charge in [0.05, 0.1) is 29.4 Å². The monoisotopic (exact) mass is 443 g/mol. The number of hydrogen-bond donors (Lipinski definition) is 1. The van der Waals surface area contributed by atoms with Gasteiger partial charge in [0.2, 0.25) is 0 Å². The van der Waals surface area contributed by atoms with Crippen LogP contribution in [0.25, 0.3) is 16.3 Å². The molecule has 1 heterocycles. The van der Waals surface area contributed by atoms with Crippen LogP contribution in [0.1, 0.15) is 5.56 Å². The molecule has 11 heteroatoms. The number of amides is 1. The van der Waals surface area contributed by atoms with Crippen LogP contribution in [0, 0.1) is 10.1 Å². The number of nitro groups is 1. The number of anilines is 1. The highest BCUT2D eigenvalue weighted by atomic mass is 32.1. The van der Waals surface area contributed by atoms with E-state index < -0.39 is 23.4 Å². The van der Waals surface area contributed by atoms with Gasteiger partial charge in [0.25, 0.3) is 11.6 Å². The topological polar surface area (TPSA) is 130 Å². The zero-order valence-electron chi connectivity index (χ0n) is 16.5. The summed E-state index contributed by atoms with van der Waals surface area (Å²) in [6.45, 7) is -0.509. The predicted molar refractivity (Wildman–Crippen MR) is 114 cm³/mol. The maximum Gasteiger partial charge on any atom is 0.331 e. The molecule has 0 aliphatic carbocycles. The van der Waals surface area contributed by atoms with E-state index in [1.807, 2.05) is 0 Å². The summed E-state index contributed by atoms with van der Waals surface area (Å²) in [6.07, 6.45) is 2.70. The van der Waals surface area contributed by atoms with Crippen molar-refractivity contribution < 1.29 is 28.7 Å². The molecule has 0 spiro atoms. The maximum atomic E-state index is 12.0. The summed E-state index contributed by atoms with van der Waals surface area (Å²) in [5, 5.41) is 13.6. The number of ether oxygens (including phenoxy) is 3. The lowest BCUT2D eigenvalue weighted by Crippen LogP contribution is -2.19. The van der Waals surface area contributed by atoms with Crippen LogP contribution in [0.3, 0.4) is 0 Å². The zero-order chi connectivity index (χ0) is 22.4.